The molecule has 0 atom stereocenters. The molecule has 6 nitrogen and oxygen atoms in total. The fourth-order valence-corrected chi connectivity index (χ4v) is 1.68. The van der Waals surface area contributed by atoms with E-state index in [1.807, 2.05) is 0 Å². The van der Waals surface area contributed by atoms with Crippen LogP contribution < -0.4 is 16.0 Å². The second-order valence-corrected chi connectivity index (χ2v) is 4.37. The summed E-state index contributed by atoms with van der Waals surface area (Å²) in [6, 6.07) is 10.2. The van der Waals surface area contributed by atoms with Gasteiger partial charge in [-0.15, -0.1) is 0 Å². The largest absolute Gasteiger partial charge is 0.467 e. The normalized spacial score (nSPS) is 9.95. The fraction of sp³-hybridized carbons (Fsp3) is 0.200. The molecule has 1 heterocycles. The van der Waals surface area contributed by atoms with Gasteiger partial charge in [0.15, 0.2) is 0 Å². The average molecular weight is 287 g/mol. The minimum absolute atomic E-state index is 0.0746. The highest BCUT2D eigenvalue weighted by Gasteiger charge is 2.04. The van der Waals surface area contributed by atoms with Gasteiger partial charge in [0.1, 0.15) is 5.76 Å². The predicted molar refractivity (Wildman–Crippen MR) is 79.9 cm³/mol. The van der Waals surface area contributed by atoms with Crippen molar-refractivity contribution in [3.63, 3.8) is 0 Å². The molecule has 0 aliphatic rings. The number of carbonyl (C=O) groups excluding carboxylic acids is 2. The maximum atomic E-state index is 11.7. The number of carbonyl (C=O) groups is 2. The Kier molecular flexibility index (Phi) is 4.98. The van der Waals surface area contributed by atoms with Crippen molar-refractivity contribution in [1.29, 1.82) is 0 Å². The zero-order valence-corrected chi connectivity index (χ0v) is 11.7. The lowest BCUT2D eigenvalue weighted by Crippen LogP contribution is -2.28. The van der Waals surface area contributed by atoms with Gasteiger partial charge >= 0.3 is 6.03 Å². The van der Waals surface area contributed by atoms with Crippen molar-refractivity contribution < 1.29 is 14.0 Å². The third kappa shape index (κ3) is 4.68. The second kappa shape index (κ2) is 7.14. The molecule has 0 radical (unpaired) electrons. The van der Waals surface area contributed by atoms with Crippen LogP contribution in [-0.4, -0.2) is 11.9 Å². The SMILES string of the molecule is CCC(=O)Nc1cccc(NC(=O)NCc2ccco2)c1. The molecule has 0 aliphatic heterocycles. The smallest absolute Gasteiger partial charge is 0.319 e. The van der Waals surface area contributed by atoms with Crippen molar-refractivity contribution in [2.75, 3.05) is 10.6 Å². The molecule has 0 spiro atoms. The number of amides is 3. The Bertz CT molecular complexity index is 608. The van der Waals surface area contributed by atoms with E-state index in [0.29, 0.717) is 30.1 Å². The first-order valence-corrected chi connectivity index (χ1v) is 6.64. The Morgan fingerprint density at radius 3 is 2.52 bits per heavy atom. The second-order valence-electron chi connectivity index (χ2n) is 4.37. The first kappa shape index (κ1) is 14.6. The number of nitrogens with one attached hydrogen (secondary N) is 3. The van der Waals surface area contributed by atoms with Crippen LogP contribution in [0.25, 0.3) is 0 Å². The lowest BCUT2D eigenvalue weighted by atomic mass is 10.2. The van der Waals surface area contributed by atoms with Crippen molar-refractivity contribution in [3.05, 3.63) is 48.4 Å². The van der Waals surface area contributed by atoms with Crippen LogP contribution in [0.5, 0.6) is 0 Å². The van der Waals surface area contributed by atoms with Crippen LogP contribution in [0.4, 0.5) is 16.2 Å². The minimum Gasteiger partial charge on any atom is -0.467 e. The summed E-state index contributed by atoms with van der Waals surface area (Å²) in [4.78, 5) is 23.1. The standard InChI is InChI=1S/C15H17N3O3/c1-2-14(19)17-11-5-3-6-12(9-11)18-15(20)16-10-13-7-4-8-21-13/h3-9H,2,10H2,1H3,(H,17,19)(H2,16,18,20). The Balaban J connectivity index is 1.88. The van der Waals surface area contributed by atoms with E-state index in [2.05, 4.69) is 16.0 Å². The lowest BCUT2D eigenvalue weighted by Gasteiger charge is -2.09. The van der Waals surface area contributed by atoms with Crippen molar-refractivity contribution in [2.45, 2.75) is 19.9 Å². The molecule has 2 aromatic rings. The Morgan fingerprint density at radius 1 is 1.10 bits per heavy atom. The number of benzene rings is 1. The summed E-state index contributed by atoms with van der Waals surface area (Å²) < 4.78 is 5.12. The van der Waals surface area contributed by atoms with Crippen molar-refractivity contribution in [2.24, 2.45) is 0 Å². The molecule has 110 valence electrons. The van der Waals surface area contributed by atoms with Gasteiger partial charge in [0.25, 0.3) is 0 Å². The van der Waals surface area contributed by atoms with Gasteiger partial charge in [-0.25, -0.2) is 4.79 Å². The molecule has 0 fully saturated rings. The molecule has 21 heavy (non-hydrogen) atoms. The zero-order chi connectivity index (χ0) is 15.1. The van der Waals surface area contributed by atoms with Gasteiger partial charge in [-0.1, -0.05) is 13.0 Å². The molecular formula is C15H17N3O3. The molecule has 0 bridgehead atoms. The molecule has 0 aliphatic carbocycles. The van der Waals surface area contributed by atoms with Crippen LogP contribution in [0.3, 0.4) is 0 Å². The number of anilines is 2. The highest BCUT2D eigenvalue weighted by molar-refractivity contribution is 5.93. The van der Waals surface area contributed by atoms with Gasteiger partial charge in [0.05, 0.1) is 12.8 Å². The van der Waals surface area contributed by atoms with E-state index in [1.165, 1.54) is 0 Å². The summed E-state index contributed by atoms with van der Waals surface area (Å²) >= 11 is 0. The van der Waals surface area contributed by atoms with Crippen LogP contribution in [-0.2, 0) is 11.3 Å². The third-order valence-electron chi connectivity index (χ3n) is 2.73. The van der Waals surface area contributed by atoms with E-state index in [4.69, 9.17) is 4.42 Å². The average Bonchev–Trinajstić information content (AvgIpc) is 2.98. The molecule has 2 rings (SSSR count). The number of urea groups is 1. The van der Waals surface area contributed by atoms with E-state index < -0.39 is 0 Å². The summed E-state index contributed by atoms with van der Waals surface area (Å²) in [5.41, 5.74) is 1.24. The van der Waals surface area contributed by atoms with E-state index in [-0.39, 0.29) is 11.9 Å². The number of hydrogen-bond acceptors (Lipinski definition) is 3. The van der Waals surface area contributed by atoms with Gasteiger partial charge in [-0.3, -0.25) is 4.79 Å². The van der Waals surface area contributed by atoms with Gasteiger partial charge in [-0.05, 0) is 30.3 Å². The van der Waals surface area contributed by atoms with Crippen molar-refractivity contribution in [3.8, 4) is 0 Å². The summed E-state index contributed by atoms with van der Waals surface area (Å²) in [7, 11) is 0. The Hall–Kier alpha value is -2.76. The number of hydrogen-bond donors (Lipinski definition) is 3. The van der Waals surface area contributed by atoms with E-state index in [9.17, 15) is 9.59 Å². The molecule has 3 N–H and O–H groups in total. The first-order valence-electron chi connectivity index (χ1n) is 6.64. The minimum atomic E-state index is -0.342. The van der Waals surface area contributed by atoms with E-state index in [1.54, 1.807) is 49.6 Å². The predicted octanol–water partition coefficient (Wildman–Crippen LogP) is 2.95. The van der Waals surface area contributed by atoms with Crippen LogP contribution in [0.2, 0.25) is 0 Å². The van der Waals surface area contributed by atoms with Gasteiger partial charge in [-0.2, -0.15) is 0 Å². The van der Waals surface area contributed by atoms with Crippen LogP contribution in [0, 0.1) is 0 Å². The maximum absolute atomic E-state index is 11.7. The van der Waals surface area contributed by atoms with Crippen LogP contribution in [0.1, 0.15) is 19.1 Å². The van der Waals surface area contributed by atoms with E-state index in [0.717, 1.165) is 0 Å². The van der Waals surface area contributed by atoms with E-state index >= 15 is 0 Å². The van der Waals surface area contributed by atoms with Crippen molar-refractivity contribution in [1.82, 2.24) is 5.32 Å². The molecular weight excluding hydrogens is 270 g/mol. The Morgan fingerprint density at radius 2 is 1.86 bits per heavy atom. The van der Waals surface area contributed by atoms with Crippen LogP contribution in [0.15, 0.2) is 47.1 Å². The zero-order valence-electron chi connectivity index (χ0n) is 11.7. The molecule has 1 aromatic carbocycles. The number of rotatable bonds is 5. The Labute approximate surface area is 122 Å². The number of furan rings is 1. The molecule has 0 saturated heterocycles. The summed E-state index contributed by atoms with van der Waals surface area (Å²) in [6.07, 6.45) is 1.95. The molecule has 3 amide bonds. The van der Waals surface area contributed by atoms with Gasteiger partial charge in [0.2, 0.25) is 5.91 Å². The quantitative estimate of drug-likeness (QED) is 0.790. The lowest BCUT2D eigenvalue weighted by molar-refractivity contribution is -0.115. The van der Waals surface area contributed by atoms with Crippen LogP contribution >= 0.6 is 0 Å². The first-order chi connectivity index (χ1) is 10.2. The topological polar surface area (TPSA) is 83.4 Å². The molecule has 0 unspecified atom stereocenters. The summed E-state index contributed by atoms with van der Waals surface area (Å²) in [5.74, 6) is 0.600. The summed E-state index contributed by atoms with van der Waals surface area (Å²) in [5, 5.41) is 8.10. The molecule has 0 saturated carbocycles. The van der Waals surface area contributed by atoms with Crippen molar-refractivity contribution >= 4 is 23.3 Å². The monoisotopic (exact) mass is 287 g/mol. The maximum Gasteiger partial charge on any atom is 0.319 e. The van der Waals surface area contributed by atoms with Gasteiger partial charge in [0, 0.05) is 17.8 Å². The fourth-order valence-electron chi connectivity index (χ4n) is 1.68. The highest BCUT2D eigenvalue weighted by Crippen LogP contribution is 2.15. The van der Waals surface area contributed by atoms with Gasteiger partial charge < -0.3 is 20.4 Å². The molecule has 6 heteroatoms. The molecule has 1 aromatic heterocycles. The third-order valence-corrected chi connectivity index (χ3v) is 2.73. The highest BCUT2D eigenvalue weighted by atomic mass is 16.3. The summed E-state index contributed by atoms with van der Waals surface area (Å²) in [6.45, 7) is 2.09.